The van der Waals surface area contributed by atoms with E-state index in [2.05, 4.69) is 25.7 Å². The largest absolute Gasteiger partial charge is 0.379 e. The molecule has 2 amide bonds. The number of carbonyl (C=O) groups is 1. The number of anilines is 1. The third kappa shape index (κ3) is 4.25. The molecule has 0 spiro atoms. The van der Waals surface area contributed by atoms with Gasteiger partial charge in [-0.15, -0.1) is 0 Å². The molecular weight excluding hydrogens is 330 g/mol. The summed E-state index contributed by atoms with van der Waals surface area (Å²) in [4.78, 5) is 14.4. The predicted molar refractivity (Wildman–Crippen MR) is 92.2 cm³/mol. The Balaban J connectivity index is 1.67. The molecule has 128 valence electrons. The lowest BCUT2D eigenvalue weighted by Gasteiger charge is -2.35. The number of halogens is 1. The molecule has 1 aromatic heterocycles. The number of nitrogens with one attached hydrogen (secondary N) is 3. The van der Waals surface area contributed by atoms with Gasteiger partial charge in [0, 0.05) is 30.9 Å². The van der Waals surface area contributed by atoms with Crippen LogP contribution in [0.3, 0.4) is 0 Å². The summed E-state index contributed by atoms with van der Waals surface area (Å²) in [6.07, 6.45) is 3.17. The predicted octanol–water partition coefficient (Wildman–Crippen LogP) is 2.26. The van der Waals surface area contributed by atoms with Crippen molar-refractivity contribution in [3.8, 4) is 0 Å². The second-order valence-corrected chi connectivity index (χ2v) is 5.91. The minimum atomic E-state index is -0.276. The summed E-state index contributed by atoms with van der Waals surface area (Å²) >= 11 is 6.37. The van der Waals surface area contributed by atoms with Crippen molar-refractivity contribution >= 4 is 23.3 Å². The van der Waals surface area contributed by atoms with Crippen LogP contribution in [0.4, 0.5) is 10.5 Å². The molecule has 0 aliphatic carbocycles. The molecule has 1 atom stereocenters. The molecule has 0 bridgehead atoms. The van der Waals surface area contributed by atoms with E-state index in [1.165, 1.54) is 0 Å². The number of morpholine rings is 1. The first-order chi connectivity index (χ1) is 11.7. The van der Waals surface area contributed by atoms with Gasteiger partial charge >= 0.3 is 6.03 Å². The smallest absolute Gasteiger partial charge is 0.319 e. The quantitative estimate of drug-likeness (QED) is 0.773. The van der Waals surface area contributed by atoms with Gasteiger partial charge in [-0.1, -0.05) is 29.8 Å². The third-order valence-electron chi connectivity index (χ3n) is 3.96. The van der Waals surface area contributed by atoms with Crippen molar-refractivity contribution in [2.75, 3.05) is 38.2 Å². The van der Waals surface area contributed by atoms with Crippen LogP contribution in [0, 0.1) is 0 Å². The highest BCUT2D eigenvalue weighted by molar-refractivity contribution is 6.31. The Morgan fingerprint density at radius 2 is 2.17 bits per heavy atom. The lowest BCUT2D eigenvalue weighted by molar-refractivity contribution is 0.0168. The number of amides is 2. The number of carbonyl (C=O) groups excluding carboxylic acids is 1. The highest BCUT2D eigenvalue weighted by Gasteiger charge is 2.24. The van der Waals surface area contributed by atoms with Gasteiger partial charge in [0.2, 0.25) is 0 Å². The van der Waals surface area contributed by atoms with E-state index in [9.17, 15) is 4.79 Å². The lowest BCUT2D eigenvalue weighted by Crippen LogP contribution is -2.44. The van der Waals surface area contributed by atoms with E-state index in [-0.39, 0.29) is 12.1 Å². The number of aromatic nitrogens is 2. The number of aromatic amines is 1. The number of benzene rings is 1. The highest BCUT2D eigenvalue weighted by Crippen LogP contribution is 2.27. The first-order valence-corrected chi connectivity index (χ1v) is 8.21. The van der Waals surface area contributed by atoms with Crippen LogP contribution in [0.2, 0.25) is 5.02 Å². The summed E-state index contributed by atoms with van der Waals surface area (Å²) in [6, 6.07) is 7.45. The highest BCUT2D eigenvalue weighted by atomic mass is 35.5. The number of H-pyrrole nitrogens is 1. The Bertz CT molecular complexity index is 658. The van der Waals surface area contributed by atoms with Gasteiger partial charge in [-0.3, -0.25) is 10.00 Å². The van der Waals surface area contributed by atoms with Gasteiger partial charge < -0.3 is 15.4 Å². The molecule has 1 aliphatic heterocycles. The summed E-state index contributed by atoms with van der Waals surface area (Å²) in [5.74, 6) is 0. The normalized spacial score (nSPS) is 16.5. The first-order valence-electron chi connectivity index (χ1n) is 7.84. The van der Waals surface area contributed by atoms with E-state index in [0.717, 1.165) is 18.7 Å². The van der Waals surface area contributed by atoms with Gasteiger partial charge in [0.15, 0.2) is 0 Å². The van der Waals surface area contributed by atoms with Gasteiger partial charge in [0.05, 0.1) is 31.1 Å². The molecule has 2 heterocycles. The maximum absolute atomic E-state index is 12.1. The van der Waals surface area contributed by atoms with Crippen LogP contribution in [0.25, 0.3) is 0 Å². The number of hydrogen-bond donors (Lipinski definition) is 3. The number of rotatable bonds is 5. The standard InChI is InChI=1S/C16H20ClN5O2/c17-14-4-2-1-3-13(14)15(22-5-7-24-8-6-22)11-18-16(23)21-12-9-19-20-10-12/h1-4,9-10,15H,5-8,11H2,(H,19,20)(H2,18,21,23)/t15-/m1/s1. The second-order valence-electron chi connectivity index (χ2n) is 5.51. The van der Waals surface area contributed by atoms with Crippen molar-refractivity contribution in [3.05, 3.63) is 47.2 Å². The molecule has 1 aromatic carbocycles. The number of nitrogens with zero attached hydrogens (tertiary/aromatic N) is 2. The third-order valence-corrected chi connectivity index (χ3v) is 4.31. The molecule has 0 saturated carbocycles. The Hall–Kier alpha value is -2.09. The summed E-state index contributed by atoms with van der Waals surface area (Å²) in [5.41, 5.74) is 1.62. The average Bonchev–Trinajstić information content (AvgIpc) is 3.10. The van der Waals surface area contributed by atoms with Gasteiger partial charge in [0.25, 0.3) is 0 Å². The fourth-order valence-corrected chi connectivity index (χ4v) is 3.02. The summed E-state index contributed by atoms with van der Waals surface area (Å²) < 4.78 is 5.43. The van der Waals surface area contributed by atoms with E-state index in [4.69, 9.17) is 16.3 Å². The second kappa shape index (κ2) is 8.14. The van der Waals surface area contributed by atoms with Crippen molar-refractivity contribution < 1.29 is 9.53 Å². The molecule has 24 heavy (non-hydrogen) atoms. The van der Waals surface area contributed by atoms with Crippen molar-refractivity contribution in [1.29, 1.82) is 0 Å². The van der Waals surface area contributed by atoms with Crippen LogP contribution in [0.1, 0.15) is 11.6 Å². The van der Waals surface area contributed by atoms with E-state index in [1.807, 2.05) is 24.3 Å². The Morgan fingerprint density at radius 3 is 2.88 bits per heavy atom. The van der Waals surface area contributed by atoms with E-state index >= 15 is 0 Å². The zero-order chi connectivity index (χ0) is 16.8. The first kappa shape index (κ1) is 16.8. The molecule has 3 N–H and O–H groups in total. The van der Waals surface area contributed by atoms with Crippen molar-refractivity contribution in [2.45, 2.75) is 6.04 Å². The molecule has 8 heteroatoms. The zero-order valence-corrected chi connectivity index (χ0v) is 13.9. The SMILES string of the molecule is O=C(NC[C@H](c1ccccc1Cl)N1CCOCC1)Nc1cn[nH]c1. The van der Waals surface area contributed by atoms with E-state index in [0.29, 0.717) is 30.5 Å². The minimum absolute atomic E-state index is 0.00213. The monoisotopic (exact) mass is 349 g/mol. The van der Waals surface area contributed by atoms with Crippen LogP contribution in [-0.4, -0.2) is 54.0 Å². The molecular formula is C16H20ClN5O2. The van der Waals surface area contributed by atoms with Crippen molar-refractivity contribution in [3.63, 3.8) is 0 Å². The number of urea groups is 1. The molecule has 2 aromatic rings. The molecule has 0 radical (unpaired) electrons. The fraction of sp³-hybridized carbons (Fsp3) is 0.375. The molecule has 0 unspecified atom stereocenters. The van der Waals surface area contributed by atoms with E-state index < -0.39 is 0 Å². The van der Waals surface area contributed by atoms with Gasteiger partial charge in [-0.05, 0) is 11.6 Å². The fourth-order valence-electron chi connectivity index (χ4n) is 2.75. The number of hydrogen-bond acceptors (Lipinski definition) is 4. The Labute approximate surface area is 145 Å². The minimum Gasteiger partial charge on any atom is -0.379 e. The van der Waals surface area contributed by atoms with Gasteiger partial charge in [-0.2, -0.15) is 5.10 Å². The topological polar surface area (TPSA) is 82.3 Å². The molecule has 1 fully saturated rings. The van der Waals surface area contributed by atoms with Crippen LogP contribution in [0.5, 0.6) is 0 Å². The molecule has 1 aliphatic rings. The molecule has 7 nitrogen and oxygen atoms in total. The Kier molecular flexibility index (Phi) is 5.68. The lowest BCUT2D eigenvalue weighted by atomic mass is 10.0. The van der Waals surface area contributed by atoms with Crippen LogP contribution < -0.4 is 10.6 Å². The van der Waals surface area contributed by atoms with Crippen molar-refractivity contribution in [1.82, 2.24) is 20.4 Å². The summed E-state index contributed by atoms with van der Waals surface area (Å²) in [7, 11) is 0. The number of ether oxygens (including phenoxy) is 1. The zero-order valence-electron chi connectivity index (χ0n) is 13.2. The summed E-state index contributed by atoms with van der Waals surface area (Å²) in [6.45, 7) is 3.43. The van der Waals surface area contributed by atoms with Gasteiger partial charge in [-0.25, -0.2) is 4.79 Å². The maximum atomic E-state index is 12.1. The molecule has 1 saturated heterocycles. The van der Waals surface area contributed by atoms with Crippen molar-refractivity contribution in [2.24, 2.45) is 0 Å². The van der Waals surface area contributed by atoms with E-state index in [1.54, 1.807) is 12.4 Å². The molecule has 3 rings (SSSR count). The van der Waals surface area contributed by atoms with Crippen LogP contribution in [0.15, 0.2) is 36.7 Å². The summed E-state index contributed by atoms with van der Waals surface area (Å²) in [5, 5.41) is 12.8. The van der Waals surface area contributed by atoms with Gasteiger partial charge in [0.1, 0.15) is 0 Å². The Morgan fingerprint density at radius 1 is 1.38 bits per heavy atom. The van der Waals surface area contributed by atoms with Crippen LogP contribution in [-0.2, 0) is 4.74 Å². The van der Waals surface area contributed by atoms with Crippen LogP contribution >= 0.6 is 11.6 Å². The maximum Gasteiger partial charge on any atom is 0.319 e. The average molecular weight is 350 g/mol.